The van der Waals surface area contributed by atoms with E-state index in [0.29, 0.717) is 5.92 Å². The van der Waals surface area contributed by atoms with E-state index in [0.717, 1.165) is 16.6 Å². The molecule has 0 fully saturated rings. The lowest BCUT2D eigenvalue weighted by atomic mass is 9.88. The van der Waals surface area contributed by atoms with Crippen LogP contribution in [0.2, 0.25) is 0 Å². The maximum atomic E-state index is 6.44. The number of aromatic nitrogens is 2. The molecule has 0 saturated carbocycles. The number of hydrogen-bond acceptors (Lipinski definition) is 2. The molecule has 2 aromatic rings. The van der Waals surface area contributed by atoms with Crippen molar-refractivity contribution in [2.75, 3.05) is 0 Å². The van der Waals surface area contributed by atoms with Crippen molar-refractivity contribution in [2.45, 2.75) is 25.3 Å². The van der Waals surface area contributed by atoms with Gasteiger partial charge in [0.05, 0.1) is 22.4 Å². The lowest BCUT2D eigenvalue weighted by Gasteiger charge is -2.23. The van der Waals surface area contributed by atoms with Gasteiger partial charge >= 0.3 is 0 Å². The normalized spacial score (nSPS) is 14.4. The van der Waals surface area contributed by atoms with E-state index >= 15 is 0 Å². The molecule has 1 aromatic carbocycles. The van der Waals surface area contributed by atoms with Crippen molar-refractivity contribution >= 4 is 15.9 Å². The van der Waals surface area contributed by atoms with Crippen LogP contribution >= 0.6 is 15.9 Å². The third-order valence-electron chi connectivity index (χ3n) is 3.35. The molecule has 0 amide bonds. The molecule has 0 aliphatic heterocycles. The molecule has 2 N–H and O–H groups in total. The fourth-order valence-corrected chi connectivity index (χ4v) is 3.00. The van der Waals surface area contributed by atoms with Gasteiger partial charge in [-0.25, -0.2) is 0 Å². The summed E-state index contributed by atoms with van der Waals surface area (Å²) in [5.41, 5.74) is 8.76. The summed E-state index contributed by atoms with van der Waals surface area (Å²) in [6, 6.07) is 10.4. The van der Waals surface area contributed by atoms with E-state index in [2.05, 4.69) is 52.2 Å². The number of rotatable bonds is 4. The minimum atomic E-state index is -0.0562. The first-order valence-corrected chi connectivity index (χ1v) is 6.92. The van der Waals surface area contributed by atoms with Gasteiger partial charge in [-0.15, -0.1) is 0 Å². The Morgan fingerprint density at radius 3 is 2.50 bits per heavy atom. The molecule has 96 valence electrons. The van der Waals surface area contributed by atoms with E-state index in [1.165, 1.54) is 5.56 Å². The molecule has 4 heteroatoms. The number of aryl methyl sites for hydroxylation is 1. The van der Waals surface area contributed by atoms with E-state index in [9.17, 15) is 0 Å². The molecule has 1 heterocycles. The van der Waals surface area contributed by atoms with Crippen molar-refractivity contribution in [1.82, 2.24) is 9.78 Å². The van der Waals surface area contributed by atoms with Crippen LogP contribution in [0.15, 0.2) is 41.0 Å². The Hall–Kier alpha value is -1.13. The molecule has 2 unspecified atom stereocenters. The quantitative estimate of drug-likeness (QED) is 0.941. The van der Waals surface area contributed by atoms with E-state index in [4.69, 9.17) is 5.73 Å². The summed E-state index contributed by atoms with van der Waals surface area (Å²) < 4.78 is 2.83. The maximum Gasteiger partial charge on any atom is 0.0696 e. The molecule has 0 saturated heterocycles. The van der Waals surface area contributed by atoms with Crippen molar-refractivity contribution in [3.05, 3.63) is 52.3 Å². The third kappa shape index (κ3) is 2.49. The Morgan fingerprint density at radius 2 is 2.00 bits per heavy atom. The van der Waals surface area contributed by atoms with E-state index in [1.807, 2.05) is 17.8 Å². The molecular formula is C14H18BrN3. The predicted octanol–water partition coefficient (Wildman–Crippen LogP) is 3.38. The van der Waals surface area contributed by atoms with E-state index in [1.54, 1.807) is 6.20 Å². The molecule has 18 heavy (non-hydrogen) atoms. The highest BCUT2D eigenvalue weighted by atomic mass is 79.9. The molecule has 0 spiro atoms. The topological polar surface area (TPSA) is 43.8 Å². The van der Waals surface area contributed by atoms with Gasteiger partial charge in [0, 0.05) is 13.0 Å². The summed E-state index contributed by atoms with van der Waals surface area (Å²) in [6.07, 6.45) is 2.80. The number of benzene rings is 1. The van der Waals surface area contributed by atoms with Crippen LogP contribution in [-0.4, -0.2) is 9.78 Å². The Kier molecular flexibility index (Phi) is 4.19. The summed E-state index contributed by atoms with van der Waals surface area (Å²) in [6.45, 7) is 2.17. The van der Waals surface area contributed by atoms with Gasteiger partial charge in [0.2, 0.25) is 0 Å². The Labute approximate surface area is 116 Å². The van der Waals surface area contributed by atoms with Gasteiger partial charge < -0.3 is 5.73 Å². The number of nitrogens with zero attached hydrogens (tertiary/aromatic N) is 2. The zero-order valence-corrected chi connectivity index (χ0v) is 12.3. The molecule has 1 aromatic heterocycles. The van der Waals surface area contributed by atoms with Crippen LogP contribution in [0.25, 0.3) is 0 Å². The van der Waals surface area contributed by atoms with Gasteiger partial charge in [-0.3, -0.25) is 4.68 Å². The highest BCUT2D eigenvalue weighted by molar-refractivity contribution is 9.10. The highest BCUT2D eigenvalue weighted by Crippen LogP contribution is 2.34. The Balaban J connectivity index is 2.34. The van der Waals surface area contributed by atoms with E-state index < -0.39 is 0 Å². The number of halogens is 1. The van der Waals surface area contributed by atoms with Crippen LogP contribution in [0.4, 0.5) is 0 Å². The first kappa shape index (κ1) is 13.3. The second-order valence-electron chi connectivity index (χ2n) is 4.45. The van der Waals surface area contributed by atoms with Crippen molar-refractivity contribution in [3.8, 4) is 0 Å². The second kappa shape index (κ2) is 5.67. The fraction of sp³-hybridized carbons (Fsp3) is 0.357. The van der Waals surface area contributed by atoms with Crippen LogP contribution in [0.3, 0.4) is 0 Å². The standard InChI is InChI=1S/C14H18BrN3/c1-3-11(10-7-5-4-6-8-10)13(16)14-12(15)9-17-18(14)2/h4-9,11,13H,3,16H2,1-2H3. The predicted molar refractivity (Wildman–Crippen MR) is 77.3 cm³/mol. The zero-order chi connectivity index (χ0) is 13.1. The van der Waals surface area contributed by atoms with Gasteiger partial charge in [-0.2, -0.15) is 5.10 Å². The Bertz CT molecular complexity index is 488. The average molecular weight is 308 g/mol. The second-order valence-corrected chi connectivity index (χ2v) is 5.31. The Morgan fingerprint density at radius 1 is 1.33 bits per heavy atom. The van der Waals surface area contributed by atoms with Crippen molar-refractivity contribution < 1.29 is 0 Å². The zero-order valence-electron chi connectivity index (χ0n) is 10.7. The van der Waals surface area contributed by atoms with Crippen LogP contribution in [0, 0.1) is 0 Å². The maximum absolute atomic E-state index is 6.44. The van der Waals surface area contributed by atoms with Gasteiger partial charge in [-0.05, 0) is 27.9 Å². The fourth-order valence-electron chi connectivity index (χ4n) is 2.38. The minimum Gasteiger partial charge on any atom is -0.322 e. The largest absolute Gasteiger partial charge is 0.322 e. The lowest BCUT2D eigenvalue weighted by molar-refractivity contribution is 0.501. The third-order valence-corrected chi connectivity index (χ3v) is 3.97. The molecule has 3 nitrogen and oxygen atoms in total. The molecule has 0 bridgehead atoms. The lowest BCUT2D eigenvalue weighted by Crippen LogP contribution is -2.22. The SMILES string of the molecule is CCC(c1ccccc1)C(N)c1c(Br)cnn1C. The number of hydrogen-bond donors (Lipinski definition) is 1. The van der Waals surface area contributed by atoms with Gasteiger partial charge in [0.1, 0.15) is 0 Å². The first-order valence-electron chi connectivity index (χ1n) is 6.13. The summed E-state index contributed by atoms with van der Waals surface area (Å²) >= 11 is 3.52. The van der Waals surface area contributed by atoms with Crippen LogP contribution < -0.4 is 5.73 Å². The molecular weight excluding hydrogens is 290 g/mol. The van der Waals surface area contributed by atoms with Crippen LogP contribution in [0.1, 0.15) is 36.6 Å². The summed E-state index contributed by atoms with van der Waals surface area (Å²) in [4.78, 5) is 0. The van der Waals surface area contributed by atoms with Gasteiger partial charge in [-0.1, -0.05) is 37.3 Å². The molecule has 2 rings (SSSR count). The molecule has 0 aliphatic carbocycles. The summed E-state index contributed by atoms with van der Waals surface area (Å²) in [7, 11) is 1.93. The van der Waals surface area contributed by atoms with Gasteiger partial charge in [0.15, 0.2) is 0 Å². The molecule has 0 aliphatic rings. The van der Waals surface area contributed by atoms with Crippen LogP contribution in [0.5, 0.6) is 0 Å². The van der Waals surface area contributed by atoms with Crippen molar-refractivity contribution in [1.29, 1.82) is 0 Å². The summed E-state index contributed by atoms with van der Waals surface area (Å²) in [5, 5.41) is 4.24. The molecule has 0 radical (unpaired) electrons. The summed E-state index contributed by atoms with van der Waals surface area (Å²) in [5.74, 6) is 0.304. The monoisotopic (exact) mass is 307 g/mol. The van der Waals surface area contributed by atoms with Crippen molar-refractivity contribution in [3.63, 3.8) is 0 Å². The smallest absolute Gasteiger partial charge is 0.0696 e. The van der Waals surface area contributed by atoms with E-state index in [-0.39, 0.29) is 6.04 Å². The van der Waals surface area contributed by atoms with Crippen molar-refractivity contribution in [2.24, 2.45) is 12.8 Å². The highest BCUT2D eigenvalue weighted by Gasteiger charge is 2.24. The number of nitrogens with two attached hydrogens (primary N) is 1. The van der Waals surface area contributed by atoms with Crippen LogP contribution in [-0.2, 0) is 7.05 Å². The average Bonchev–Trinajstić information content (AvgIpc) is 2.71. The van der Waals surface area contributed by atoms with Gasteiger partial charge in [0.25, 0.3) is 0 Å². The first-order chi connectivity index (χ1) is 8.65. The minimum absolute atomic E-state index is 0.0562. The molecule has 2 atom stereocenters.